The van der Waals surface area contributed by atoms with Gasteiger partial charge >= 0.3 is 0 Å². The highest BCUT2D eigenvalue weighted by atomic mass is 16.5. The maximum absolute atomic E-state index is 5.63. The summed E-state index contributed by atoms with van der Waals surface area (Å²) in [6.07, 6.45) is 1.11. The molecule has 19 heavy (non-hydrogen) atoms. The van der Waals surface area contributed by atoms with E-state index in [4.69, 9.17) is 4.74 Å². The van der Waals surface area contributed by atoms with E-state index in [1.165, 1.54) is 11.1 Å². The monoisotopic (exact) mass is 256 g/mol. The molecule has 2 rings (SSSR count). The van der Waals surface area contributed by atoms with Crippen molar-refractivity contribution in [2.75, 3.05) is 13.2 Å². The van der Waals surface area contributed by atoms with Gasteiger partial charge in [-0.15, -0.1) is 0 Å². The van der Waals surface area contributed by atoms with Gasteiger partial charge in [0.2, 0.25) is 0 Å². The lowest BCUT2D eigenvalue weighted by Crippen LogP contribution is -2.83. The first-order chi connectivity index (χ1) is 9.40. The third-order valence-corrected chi connectivity index (χ3v) is 3.12. The third kappa shape index (κ3) is 4.42. The van der Waals surface area contributed by atoms with Crippen LogP contribution in [0.3, 0.4) is 0 Å². The molecular weight excluding hydrogens is 234 g/mol. The SMILES string of the molecule is CCOc1ccccc1C[NH2+]CCc1ccccc1. The Kier molecular flexibility index (Phi) is 5.45. The molecule has 0 aliphatic carbocycles. The molecule has 2 N–H and O–H groups in total. The van der Waals surface area contributed by atoms with Crippen LogP contribution in [0.1, 0.15) is 18.1 Å². The van der Waals surface area contributed by atoms with Crippen LogP contribution in [0, 0.1) is 0 Å². The van der Waals surface area contributed by atoms with Gasteiger partial charge in [-0.05, 0) is 24.6 Å². The van der Waals surface area contributed by atoms with Crippen molar-refractivity contribution in [2.45, 2.75) is 19.9 Å². The second-order valence-electron chi connectivity index (χ2n) is 4.56. The Morgan fingerprint density at radius 2 is 1.68 bits per heavy atom. The van der Waals surface area contributed by atoms with Crippen molar-refractivity contribution < 1.29 is 10.1 Å². The Hall–Kier alpha value is -1.80. The van der Waals surface area contributed by atoms with Gasteiger partial charge in [0.15, 0.2) is 0 Å². The smallest absolute Gasteiger partial charge is 0.128 e. The Balaban J connectivity index is 1.79. The van der Waals surface area contributed by atoms with Crippen LogP contribution in [0.5, 0.6) is 5.75 Å². The molecule has 0 radical (unpaired) electrons. The van der Waals surface area contributed by atoms with Gasteiger partial charge in [0.25, 0.3) is 0 Å². The molecular formula is C17H22NO+. The molecule has 0 saturated carbocycles. The quantitative estimate of drug-likeness (QED) is 0.756. The lowest BCUT2D eigenvalue weighted by Gasteiger charge is -2.09. The minimum absolute atomic E-state index is 0.723. The van der Waals surface area contributed by atoms with E-state index < -0.39 is 0 Å². The second kappa shape index (κ2) is 7.59. The summed E-state index contributed by atoms with van der Waals surface area (Å²) in [6, 6.07) is 18.9. The number of quaternary nitrogens is 1. The van der Waals surface area contributed by atoms with E-state index in [2.05, 4.69) is 47.8 Å². The molecule has 2 aromatic carbocycles. The highest BCUT2D eigenvalue weighted by Crippen LogP contribution is 2.16. The normalized spacial score (nSPS) is 10.4. The number of ether oxygens (including phenoxy) is 1. The van der Waals surface area contributed by atoms with Gasteiger partial charge in [0.05, 0.1) is 13.2 Å². The molecule has 0 saturated heterocycles. The topological polar surface area (TPSA) is 25.8 Å². The molecule has 0 spiro atoms. The van der Waals surface area contributed by atoms with Crippen LogP contribution in [-0.2, 0) is 13.0 Å². The van der Waals surface area contributed by atoms with Gasteiger partial charge in [0, 0.05) is 12.0 Å². The van der Waals surface area contributed by atoms with Crippen molar-refractivity contribution in [1.29, 1.82) is 0 Å². The molecule has 0 aliphatic heterocycles. The fraction of sp³-hybridized carbons (Fsp3) is 0.294. The summed E-state index contributed by atoms with van der Waals surface area (Å²) in [5, 5.41) is 2.34. The lowest BCUT2D eigenvalue weighted by molar-refractivity contribution is -0.670. The minimum Gasteiger partial charge on any atom is -0.493 e. The number of nitrogens with two attached hydrogens (primary N) is 1. The standard InChI is InChI=1S/C17H21NO/c1-2-19-17-11-7-6-10-16(17)14-18-13-12-15-8-4-3-5-9-15/h3-11,18H,2,12-14H2,1H3/p+1. The van der Waals surface area contributed by atoms with Crippen LogP contribution in [0.15, 0.2) is 54.6 Å². The van der Waals surface area contributed by atoms with E-state index in [9.17, 15) is 0 Å². The Morgan fingerprint density at radius 3 is 2.47 bits per heavy atom. The Morgan fingerprint density at radius 1 is 0.947 bits per heavy atom. The first-order valence-electron chi connectivity index (χ1n) is 6.96. The summed E-state index contributed by atoms with van der Waals surface area (Å²) in [6.45, 7) is 4.82. The molecule has 2 aromatic rings. The zero-order valence-electron chi connectivity index (χ0n) is 11.5. The Bertz CT molecular complexity index is 482. The van der Waals surface area contributed by atoms with Gasteiger partial charge in [-0.25, -0.2) is 0 Å². The zero-order chi connectivity index (χ0) is 13.3. The first-order valence-corrected chi connectivity index (χ1v) is 6.96. The molecule has 0 aromatic heterocycles. The fourth-order valence-electron chi connectivity index (χ4n) is 2.14. The van der Waals surface area contributed by atoms with Crippen molar-refractivity contribution >= 4 is 0 Å². The molecule has 0 amide bonds. The zero-order valence-corrected chi connectivity index (χ0v) is 11.5. The van der Waals surface area contributed by atoms with Crippen molar-refractivity contribution in [2.24, 2.45) is 0 Å². The molecule has 0 heterocycles. The van der Waals surface area contributed by atoms with E-state index in [-0.39, 0.29) is 0 Å². The average molecular weight is 256 g/mol. The van der Waals surface area contributed by atoms with Crippen LogP contribution < -0.4 is 10.1 Å². The molecule has 100 valence electrons. The van der Waals surface area contributed by atoms with E-state index in [0.29, 0.717) is 0 Å². The van der Waals surface area contributed by atoms with Gasteiger partial charge < -0.3 is 10.1 Å². The average Bonchev–Trinajstić information content (AvgIpc) is 2.47. The van der Waals surface area contributed by atoms with Gasteiger partial charge in [-0.1, -0.05) is 42.5 Å². The number of para-hydroxylation sites is 1. The fourth-order valence-corrected chi connectivity index (χ4v) is 2.14. The van der Waals surface area contributed by atoms with Gasteiger partial charge in [-0.2, -0.15) is 0 Å². The van der Waals surface area contributed by atoms with E-state index in [0.717, 1.165) is 31.9 Å². The largest absolute Gasteiger partial charge is 0.493 e. The third-order valence-electron chi connectivity index (χ3n) is 3.12. The summed E-state index contributed by atoms with van der Waals surface area (Å²) < 4.78 is 5.63. The van der Waals surface area contributed by atoms with Crippen LogP contribution in [0.25, 0.3) is 0 Å². The van der Waals surface area contributed by atoms with Crippen LogP contribution >= 0.6 is 0 Å². The summed E-state index contributed by atoms with van der Waals surface area (Å²) in [5.41, 5.74) is 2.68. The summed E-state index contributed by atoms with van der Waals surface area (Å²) in [4.78, 5) is 0. The second-order valence-corrected chi connectivity index (χ2v) is 4.56. The number of rotatable bonds is 7. The van der Waals surface area contributed by atoms with Crippen molar-refractivity contribution in [3.8, 4) is 5.75 Å². The number of hydrogen-bond acceptors (Lipinski definition) is 1. The minimum atomic E-state index is 0.723. The van der Waals surface area contributed by atoms with Crippen LogP contribution in [-0.4, -0.2) is 13.2 Å². The number of benzene rings is 2. The van der Waals surface area contributed by atoms with Crippen LogP contribution in [0.4, 0.5) is 0 Å². The molecule has 0 atom stereocenters. The maximum atomic E-state index is 5.63. The molecule has 0 unspecified atom stereocenters. The van der Waals surface area contributed by atoms with Crippen LogP contribution in [0.2, 0.25) is 0 Å². The predicted molar refractivity (Wildman–Crippen MR) is 78.3 cm³/mol. The highest BCUT2D eigenvalue weighted by molar-refractivity contribution is 5.32. The van der Waals surface area contributed by atoms with E-state index in [1.54, 1.807) is 0 Å². The molecule has 2 heteroatoms. The summed E-state index contributed by atoms with van der Waals surface area (Å²) in [5.74, 6) is 1.01. The van der Waals surface area contributed by atoms with Crippen molar-refractivity contribution in [1.82, 2.24) is 0 Å². The molecule has 0 aliphatic rings. The first kappa shape index (κ1) is 13.6. The molecule has 0 bridgehead atoms. The van der Waals surface area contributed by atoms with E-state index >= 15 is 0 Å². The highest BCUT2D eigenvalue weighted by Gasteiger charge is 2.03. The lowest BCUT2D eigenvalue weighted by atomic mass is 10.1. The Labute approximate surface area is 115 Å². The summed E-state index contributed by atoms with van der Waals surface area (Å²) in [7, 11) is 0. The predicted octanol–water partition coefficient (Wildman–Crippen LogP) is 2.39. The maximum Gasteiger partial charge on any atom is 0.128 e. The summed E-state index contributed by atoms with van der Waals surface area (Å²) >= 11 is 0. The number of hydrogen-bond donors (Lipinski definition) is 1. The van der Waals surface area contributed by atoms with Gasteiger partial charge in [0.1, 0.15) is 12.3 Å². The van der Waals surface area contributed by atoms with Crippen molar-refractivity contribution in [3.05, 3.63) is 65.7 Å². The van der Waals surface area contributed by atoms with E-state index in [1.807, 2.05) is 19.1 Å². The van der Waals surface area contributed by atoms with Crippen molar-refractivity contribution in [3.63, 3.8) is 0 Å². The molecule has 0 fully saturated rings. The molecule has 2 nitrogen and oxygen atoms in total. The van der Waals surface area contributed by atoms with Gasteiger partial charge in [-0.3, -0.25) is 0 Å².